The molecule has 0 aliphatic heterocycles. The molecule has 0 spiro atoms. The van der Waals surface area contributed by atoms with Crippen molar-refractivity contribution < 1.29 is 9.53 Å². The van der Waals surface area contributed by atoms with Crippen molar-refractivity contribution in [2.45, 2.75) is 32.6 Å². The number of aryl methyl sites for hydroxylation is 2. The summed E-state index contributed by atoms with van der Waals surface area (Å²) < 4.78 is 6.35. The lowest BCUT2D eigenvalue weighted by Gasteiger charge is -2.24. The Bertz CT molecular complexity index is 1010. The van der Waals surface area contributed by atoms with Gasteiger partial charge >= 0.3 is 0 Å². The summed E-state index contributed by atoms with van der Waals surface area (Å²) in [6.07, 6.45) is 0. The van der Waals surface area contributed by atoms with Gasteiger partial charge in [-0.05, 0) is 68.4 Å². The number of carbonyl (C=O) groups is 1. The molecule has 5 nitrogen and oxygen atoms in total. The second kappa shape index (κ2) is 11.0. The summed E-state index contributed by atoms with van der Waals surface area (Å²) in [6.45, 7) is 11.9. The molecule has 0 radical (unpaired) electrons. The van der Waals surface area contributed by atoms with E-state index in [1.807, 2.05) is 29.2 Å². The van der Waals surface area contributed by atoms with E-state index in [1.165, 1.54) is 5.56 Å². The number of nitrogens with zero attached hydrogens (tertiary/aromatic N) is 3. The number of carbonyl (C=O) groups excluding carboxylic acids is 1. The zero-order valence-corrected chi connectivity index (χ0v) is 20.6. The van der Waals surface area contributed by atoms with Crippen LogP contribution in [0.25, 0.3) is 10.2 Å². The molecule has 7 heteroatoms. The van der Waals surface area contributed by atoms with Gasteiger partial charge in [-0.15, -0.1) is 11.8 Å². The Morgan fingerprint density at radius 1 is 1.10 bits per heavy atom. The van der Waals surface area contributed by atoms with Gasteiger partial charge in [-0.25, -0.2) is 4.98 Å². The molecule has 0 N–H and O–H groups in total. The molecule has 3 aromatic rings. The molecule has 0 aliphatic rings. The molecule has 3 rings (SSSR count). The van der Waals surface area contributed by atoms with E-state index in [0.717, 1.165) is 51.2 Å². The van der Waals surface area contributed by atoms with Crippen LogP contribution in [-0.4, -0.2) is 54.8 Å². The number of amides is 1. The third-order valence-electron chi connectivity index (χ3n) is 5.31. The highest BCUT2D eigenvalue weighted by molar-refractivity contribution is 8.00. The van der Waals surface area contributed by atoms with Crippen molar-refractivity contribution in [3.8, 4) is 5.75 Å². The van der Waals surface area contributed by atoms with Gasteiger partial charge in [0.05, 0.1) is 23.1 Å². The molecule has 0 fully saturated rings. The molecule has 0 saturated heterocycles. The van der Waals surface area contributed by atoms with E-state index in [0.29, 0.717) is 12.3 Å². The van der Waals surface area contributed by atoms with Gasteiger partial charge in [-0.2, -0.15) is 0 Å². The van der Waals surface area contributed by atoms with Gasteiger partial charge in [0.15, 0.2) is 5.13 Å². The van der Waals surface area contributed by atoms with Gasteiger partial charge in [0.2, 0.25) is 5.91 Å². The number of hydrogen-bond donors (Lipinski definition) is 0. The molecule has 166 valence electrons. The first-order valence-electron chi connectivity index (χ1n) is 10.6. The second-order valence-corrected chi connectivity index (χ2v) is 9.52. The molecule has 1 heterocycles. The summed E-state index contributed by atoms with van der Waals surface area (Å²) in [5.74, 6) is 1.27. The molecule has 0 saturated carbocycles. The number of thioether (sulfide) groups is 1. The van der Waals surface area contributed by atoms with Crippen molar-refractivity contribution in [3.63, 3.8) is 0 Å². The fraction of sp³-hybridized carbons (Fsp3) is 0.417. The number of methoxy groups -OCH3 is 1. The Kier molecular flexibility index (Phi) is 8.35. The Labute approximate surface area is 193 Å². The second-order valence-electron chi connectivity index (χ2n) is 7.46. The van der Waals surface area contributed by atoms with E-state index < -0.39 is 0 Å². The van der Waals surface area contributed by atoms with Crippen LogP contribution in [0.3, 0.4) is 0 Å². The maximum atomic E-state index is 13.3. The average Bonchev–Trinajstić information content (AvgIpc) is 3.19. The maximum absolute atomic E-state index is 13.3. The lowest BCUT2D eigenvalue weighted by atomic mass is 10.1. The predicted octanol–water partition coefficient (Wildman–Crippen LogP) is 5.39. The van der Waals surface area contributed by atoms with Crippen LogP contribution in [0.15, 0.2) is 41.3 Å². The Hall–Kier alpha value is -2.09. The van der Waals surface area contributed by atoms with E-state index >= 15 is 0 Å². The van der Waals surface area contributed by atoms with Crippen molar-refractivity contribution in [1.29, 1.82) is 0 Å². The van der Waals surface area contributed by atoms with Crippen LogP contribution in [0.5, 0.6) is 5.75 Å². The van der Waals surface area contributed by atoms with Crippen LogP contribution in [0, 0.1) is 13.8 Å². The molecule has 0 unspecified atom stereocenters. The third kappa shape index (κ3) is 5.99. The van der Waals surface area contributed by atoms with Crippen LogP contribution in [0.2, 0.25) is 0 Å². The normalized spacial score (nSPS) is 11.3. The number of rotatable bonds is 10. The van der Waals surface area contributed by atoms with E-state index in [4.69, 9.17) is 9.72 Å². The van der Waals surface area contributed by atoms with Gasteiger partial charge in [0, 0.05) is 18.0 Å². The highest BCUT2D eigenvalue weighted by atomic mass is 32.2. The Balaban J connectivity index is 1.81. The summed E-state index contributed by atoms with van der Waals surface area (Å²) in [5, 5.41) is 0.788. The maximum Gasteiger partial charge on any atom is 0.239 e. The number of anilines is 1. The van der Waals surface area contributed by atoms with Crippen molar-refractivity contribution in [2.75, 3.05) is 43.9 Å². The van der Waals surface area contributed by atoms with Gasteiger partial charge < -0.3 is 9.64 Å². The number of hydrogen-bond acceptors (Lipinski definition) is 6. The zero-order chi connectivity index (χ0) is 22.4. The number of thiazole rings is 1. The van der Waals surface area contributed by atoms with Gasteiger partial charge in [-0.1, -0.05) is 31.3 Å². The molecule has 0 bridgehead atoms. The zero-order valence-electron chi connectivity index (χ0n) is 19.0. The first-order valence-corrected chi connectivity index (χ1v) is 12.4. The van der Waals surface area contributed by atoms with E-state index in [1.54, 1.807) is 30.2 Å². The van der Waals surface area contributed by atoms with Crippen molar-refractivity contribution in [3.05, 3.63) is 47.5 Å². The van der Waals surface area contributed by atoms with Crippen LogP contribution >= 0.6 is 23.1 Å². The topological polar surface area (TPSA) is 45.7 Å². The first-order chi connectivity index (χ1) is 14.9. The lowest BCUT2D eigenvalue weighted by Crippen LogP contribution is -2.39. The minimum atomic E-state index is 0.0846. The van der Waals surface area contributed by atoms with Crippen molar-refractivity contribution in [2.24, 2.45) is 0 Å². The number of aromatic nitrogens is 1. The minimum absolute atomic E-state index is 0.0846. The Morgan fingerprint density at radius 3 is 2.45 bits per heavy atom. The summed E-state index contributed by atoms with van der Waals surface area (Å²) in [5.41, 5.74) is 3.37. The lowest BCUT2D eigenvalue weighted by molar-refractivity contribution is -0.116. The third-order valence-corrected chi connectivity index (χ3v) is 7.33. The monoisotopic (exact) mass is 457 g/mol. The smallest absolute Gasteiger partial charge is 0.239 e. The number of benzene rings is 2. The van der Waals surface area contributed by atoms with E-state index in [9.17, 15) is 4.79 Å². The number of fused-ring (bicyclic) bond motifs is 1. The van der Waals surface area contributed by atoms with Crippen molar-refractivity contribution in [1.82, 2.24) is 9.88 Å². The summed E-state index contributed by atoms with van der Waals surface area (Å²) in [6, 6.07) is 12.1. The highest BCUT2D eigenvalue weighted by Gasteiger charge is 2.21. The van der Waals surface area contributed by atoms with E-state index in [2.05, 4.69) is 44.7 Å². The number of ether oxygens (including phenoxy) is 1. The summed E-state index contributed by atoms with van der Waals surface area (Å²) in [4.78, 5) is 23.4. The SMILES string of the molecule is CCN(CC)CCN(C(=O)CSc1ccc(OC)cc1)c1nc2c(C)cc(C)cc2s1. The average molecular weight is 458 g/mol. The summed E-state index contributed by atoms with van der Waals surface area (Å²) in [7, 11) is 1.65. The molecule has 0 atom stereocenters. The Morgan fingerprint density at radius 2 is 1.81 bits per heavy atom. The van der Waals surface area contributed by atoms with Crippen LogP contribution in [0.4, 0.5) is 5.13 Å². The molecule has 31 heavy (non-hydrogen) atoms. The number of likely N-dealkylation sites (N-methyl/N-ethyl adjacent to an activating group) is 1. The minimum Gasteiger partial charge on any atom is -0.497 e. The first kappa shape index (κ1) is 23.6. The molecular formula is C24H31N3O2S2. The quantitative estimate of drug-likeness (QED) is 0.382. The standard InChI is InChI=1S/C24H31N3O2S2/c1-6-26(7-2)12-13-27(22(28)16-30-20-10-8-19(29-5)9-11-20)24-25-23-18(4)14-17(3)15-21(23)31-24/h8-11,14-15H,6-7,12-13,16H2,1-5H3. The van der Waals surface area contributed by atoms with Gasteiger partial charge in [0.25, 0.3) is 0 Å². The fourth-order valence-corrected chi connectivity index (χ4v) is 5.44. The molecule has 2 aromatic carbocycles. The van der Waals surface area contributed by atoms with Gasteiger partial charge in [0.1, 0.15) is 5.75 Å². The highest BCUT2D eigenvalue weighted by Crippen LogP contribution is 2.32. The van der Waals surface area contributed by atoms with Crippen LogP contribution in [-0.2, 0) is 4.79 Å². The largest absolute Gasteiger partial charge is 0.497 e. The van der Waals surface area contributed by atoms with Crippen LogP contribution in [0.1, 0.15) is 25.0 Å². The molecule has 1 aromatic heterocycles. The molecule has 1 amide bonds. The van der Waals surface area contributed by atoms with E-state index in [-0.39, 0.29) is 5.91 Å². The van der Waals surface area contributed by atoms with Crippen LogP contribution < -0.4 is 9.64 Å². The predicted molar refractivity (Wildman–Crippen MR) is 133 cm³/mol. The molecular weight excluding hydrogens is 426 g/mol. The summed E-state index contributed by atoms with van der Waals surface area (Å²) >= 11 is 3.15. The van der Waals surface area contributed by atoms with Crippen molar-refractivity contribution >= 4 is 44.4 Å². The molecule has 0 aliphatic carbocycles. The van der Waals surface area contributed by atoms with Gasteiger partial charge in [-0.3, -0.25) is 9.69 Å². The fourth-order valence-electron chi connectivity index (χ4n) is 3.48.